The molecule has 5 nitrogen and oxygen atoms in total. The molecule has 0 saturated heterocycles. The van der Waals surface area contributed by atoms with E-state index in [4.69, 9.17) is 11.6 Å². The number of hydrogen-bond donors (Lipinski definition) is 1. The molecule has 0 bridgehead atoms. The Bertz CT molecular complexity index is 195. The first-order valence-electron chi connectivity index (χ1n) is 3.87. The maximum Gasteiger partial charge on any atom is 0.404 e. The third-order valence-electron chi connectivity index (χ3n) is 0.536. The van der Waals surface area contributed by atoms with Crippen molar-refractivity contribution in [2.75, 3.05) is 6.61 Å². The van der Waals surface area contributed by atoms with Crippen LogP contribution in [-0.4, -0.2) is 18.7 Å². The highest BCUT2D eigenvalue weighted by Crippen LogP contribution is 1.70. The van der Waals surface area contributed by atoms with Crippen LogP contribution in [0.3, 0.4) is 0 Å². The van der Waals surface area contributed by atoms with E-state index in [9.17, 15) is 9.59 Å². The summed E-state index contributed by atoms with van der Waals surface area (Å²) in [4.78, 5) is 19.3. The highest BCUT2D eigenvalue weighted by molar-refractivity contribution is 6.25. The van der Waals surface area contributed by atoms with Gasteiger partial charge in [-0.3, -0.25) is 4.79 Å². The van der Waals surface area contributed by atoms with E-state index in [1.165, 1.54) is 12.5 Å². The van der Waals surface area contributed by atoms with Crippen molar-refractivity contribution in [3.63, 3.8) is 0 Å². The first-order chi connectivity index (χ1) is 6.95. The summed E-state index contributed by atoms with van der Waals surface area (Å²) in [6, 6.07) is 0. The number of hydrogen-bond acceptors (Lipinski definition) is 4. The third-order valence-corrected chi connectivity index (χ3v) is 0.536. The molecule has 0 aromatic carbocycles. The molecule has 0 aromatic heterocycles. The first kappa shape index (κ1) is 19.1. The molecule has 0 rings (SSSR count). The summed E-state index contributed by atoms with van der Waals surface area (Å²) in [5, 5.41) is 0. The second-order valence-corrected chi connectivity index (χ2v) is 1.99. The standard InChI is InChI=1S/C4H6O2.C3H7NO2.C2H3Cl/c1-3-6-4(2)5;1-2-6-3(4)5;1-2-3/h3H,1H2,2H3;2H2,1H3,(H2,4,5);2H,1H2. The Hall–Kier alpha value is -1.49. The number of carbonyl (C=O) groups is 2. The summed E-state index contributed by atoms with van der Waals surface area (Å²) < 4.78 is 8.35. The minimum absolute atomic E-state index is 0.329. The monoisotopic (exact) mass is 237 g/mol. The highest BCUT2D eigenvalue weighted by atomic mass is 35.5. The summed E-state index contributed by atoms with van der Waals surface area (Å²) in [5.74, 6) is -0.329. The Morgan fingerprint density at radius 3 is 1.87 bits per heavy atom. The Labute approximate surface area is 94.5 Å². The number of amides is 1. The molecule has 0 saturated carbocycles. The smallest absolute Gasteiger partial charge is 0.404 e. The molecule has 6 heteroatoms. The summed E-state index contributed by atoms with van der Waals surface area (Å²) in [6.45, 7) is 9.66. The Balaban J connectivity index is -0.000000153. The first-order valence-corrected chi connectivity index (χ1v) is 4.31. The van der Waals surface area contributed by atoms with Gasteiger partial charge in [0.25, 0.3) is 0 Å². The molecular weight excluding hydrogens is 222 g/mol. The minimum Gasteiger partial charge on any atom is -0.450 e. The predicted molar refractivity (Wildman–Crippen MR) is 59.2 cm³/mol. The molecule has 2 N–H and O–H groups in total. The van der Waals surface area contributed by atoms with E-state index in [1.807, 2.05) is 0 Å². The fraction of sp³-hybridized carbons (Fsp3) is 0.333. The Kier molecular flexibility index (Phi) is 23.4. The summed E-state index contributed by atoms with van der Waals surface area (Å²) in [7, 11) is 0. The molecule has 0 aliphatic carbocycles. The van der Waals surface area contributed by atoms with Crippen LogP contribution in [0, 0.1) is 0 Å². The molecule has 1 amide bonds. The van der Waals surface area contributed by atoms with Gasteiger partial charge in [0.05, 0.1) is 12.9 Å². The molecule has 0 unspecified atom stereocenters. The van der Waals surface area contributed by atoms with Crippen LogP contribution in [0.15, 0.2) is 25.0 Å². The van der Waals surface area contributed by atoms with E-state index >= 15 is 0 Å². The van der Waals surface area contributed by atoms with Gasteiger partial charge < -0.3 is 15.2 Å². The van der Waals surface area contributed by atoms with Crippen molar-refractivity contribution >= 4 is 23.7 Å². The van der Waals surface area contributed by atoms with E-state index < -0.39 is 6.09 Å². The topological polar surface area (TPSA) is 78.6 Å². The zero-order chi connectivity index (χ0) is 12.7. The fourth-order valence-electron chi connectivity index (χ4n) is 0.260. The molecular formula is C9H16ClNO4. The molecule has 0 atom stereocenters. The van der Waals surface area contributed by atoms with Crippen LogP contribution in [0.4, 0.5) is 4.79 Å². The van der Waals surface area contributed by atoms with Gasteiger partial charge in [-0.15, -0.1) is 0 Å². The van der Waals surface area contributed by atoms with E-state index in [0.717, 1.165) is 6.26 Å². The van der Waals surface area contributed by atoms with Crippen molar-refractivity contribution in [3.8, 4) is 0 Å². The predicted octanol–water partition coefficient (Wildman–Crippen LogP) is 2.16. The second kappa shape index (κ2) is 18.3. The van der Waals surface area contributed by atoms with Crippen LogP contribution in [0.1, 0.15) is 13.8 Å². The van der Waals surface area contributed by atoms with Crippen molar-refractivity contribution in [3.05, 3.63) is 25.0 Å². The Morgan fingerprint density at radius 1 is 1.47 bits per heavy atom. The number of nitrogens with two attached hydrogens (primary N) is 1. The molecule has 88 valence electrons. The number of ether oxygens (including phenoxy) is 2. The lowest BCUT2D eigenvalue weighted by Gasteiger charge is -1.89. The number of rotatable bonds is 2. The summed E-state index contributed by atoms with van der Waals surface area (Å²) in [5.41, 5.74) is 5.76. The van der Waals surface area contributed by atoms with Gasteiger partial charge in [0, 0.05) is 6.92 Å². The van der Waals surface area contributed by atoms with Gasteiger partial charge in [-0.2, -0.15) is 0 Å². The second-order valence-electron chi connectivity index (χ2n) is 1.68. The van der Waals surface area contributed by atoms with Crippen molar-refractivity contribution < 1.29 is 19.1 Å². The number of esters is 1. The maximum absolute atomic E-state index is 9.75. The van der Waals surface area contributed by atoms with Crippen LogP contribution >= 0.6 is 11.6 Å². The zero-order valence-corrected chi connectivity index (χ0v) is 9.62. The third kappa shape index (κ3) is 67.9. The molecule has 0 heterocycles. The number of carbonyl (C=O) groups excluding carboxylic acids is 2. The van der Waals surface area contributed by atoms with Gasteiger partial charge in [0.15, 0.2) is 0 Å². The summed E-state index contributed by atoms with van der Waals surface area (Å²) >= 11 is 4.76. The molecule has 0 fully saturated rings. The SMILES string of the molecule is C=CCl.C=COC(C)=O.CCOC(N)=O. The normalized spacial score (nSPS) is 6.60. The molecule has 0 aromatic rings. The van der Waals surface area contributed by atoms with Crippen molar-refractivity contribution in [2.45, 2.75) is 13.8 Å². The highest BCUT2D eigenvalue weighted by Gasteiger charge is 1.82. The molecule has 0 aliphatic heterocycles. The van der Waals surface area contributed by atoms with E-state index in [0.29, 0.717) is 6.61 Å². The van der Waals surface area contributed by atoms with Crippen LogP contribution in [0.2, 0.25) is 0 Å². The van der Waals surface area contributed by atoms with Crippen molar-refractivity contribution in [1.82, 2.24) is 0 Å². The van der Waals surface area contributed by atoms with E-state index in [2.05, 4.69) is 28.4 Å². The van der Waals surface area contributed by atoms with Crippen molar-refractivity contribution in [1.29, 1.82) is 0 Å². The van der Waals surface area contributed by atoms with Crippen LogP contribution in [0.5, 0.6) is 0 Å². The lowest BCUT2D eigenvalue weighted by Crippen LogP contribution is -2.11. The van der Waals surface area contributed by atoms with Gasteiger partial charge in [-0.05, 0) is 12.5 Å². The summed E-state index contributed by atoms with van der Waals surface area (Å²) in [6.07, 6.45) is 0.389. The van der Waals surface area contributed by atoms with Crippen LogP contribution in [0.25, 0.3) is 0 Å². The van der Waals surface area contributed by atoms with Gasteiger partial charge in [0.2, 0.25) is 0 Å². The van der Waals surface area contributed by atoms with Gasteiger partial charge in [-0.25, -0.2) is 4.79 Å². The Morgan fingerprint density at radius 2 is 1.87 bits per heavy atom. The zero-order valence-electron chi connectivity index (χ0n) is 8.86. The minimum atomic E-state index is -0.711. The fourth-order valence-corrected chi connectivity index (χ4v) is 0.260. The van der Waals surface area contributed by atoms with E-state index in [-0.39, 0.29) is 5.97 Å². The molecule has 0 aliphatic rings. The quantitative estimate of drug-likeness (QED) is 0.590. The largest absolute Gasteiger partial charge is 0.450 e. The average molecular weight is 238 g/mol. The van der Waals surface area contributed by atoms with E-state index in [1.54, 1.807) is 6.92 Å². The molecule has 0 radical (unpaired) electrons. The molecule has 0 spiro atoms. The number of primary amides is 1. The lowest BCUT2D eigenvalue weighted by molar-refractivity contribution is -0.135. The van der Waals surface area contributed by atoms with Gasteiger partial charge in [-0.1, -0.05) is 24.8 Å². The molecule has 15 heavy (non-hydrogen) atoms. The van der Waals surface area contributed by atoms with Crippen molar-refractivity contribution in [2.24, 2.45) is 5.73 Å². The average Bonchev–Trinajstić information content (AvgIpc) is 2.05. The van der Waals surface area contributed by atoms with Gasteiger partial charge >= 0.3 is 12.1 Å². The maximum atomic E-state index is 9.75. The lowest BCUT2D eigenvalue weighted by atomic mass is 10.8. The number of halogens is 1. The van der Waals surface area contributed by atoms with Crippen LogP contribution in [-0.2, 0) is 14.3 Å². The van der Waals surface area contributed by atoms with Crippen LogP contribution < -0.4 is 5.73 Å². The van der Waals surface area contributed by atoms with Gasteiger partial charge in [0.1, 0.15) is 0 Å².